The molecule has 0 bridgehead atoms. The fourth-order valence-corrected chi connectivity index (χ4v) is 10.2. The molecule has 13 rings (SSSR count). The van der Waals surface area contributed by atoms with E-state index >= 15 is 0 Å². The number of para-hydroxylation sites is 2. The maximum atomic E-state index is 11.7. The number of hydrogen-bond acceptors (Lipinski definition) is 3. The van der Waals surface area contributed by atoms with Crippen LogP contribution in [0, 0.1) is 17.9 Å². The zero-order valence-electron chi connectivity index (χ0n) is 32.4. The molecule has 0 radical (unpaired) electrons. The molecule has 61 heavy (non-hydrogen) atoms. The van der Waals surface area contributed by atoms with Crippen molar-refractivity contribution in [1.82, 2.24) is 14.1 Å². The minimum atomic E-state index is 0.394. The lowest BCUT2D eigenvalue weighted by atomic mass is 9.88. The summed E-state index contributed by atoms with van der Waals surface area (Å²) < 4.78 is 11.1. The van der Waals surface area contributed by atoms with Crippen LogP contribution in [0.1, 0.15) is 5.56 Å². The van der Waals surface area contributed by atoms with E-state index in [9.17, 15) is 5.26 Å². The Bertz CT molecular complexity index is 3980. The fourth-order valence-electron chi connectivity index (χ4n) is 10.2. The molecule has 0 atom stereocenters. The van der Waals surface area contributed by atoms with Crippen molar-refractivity contribution in [2.75, 3.05) is 0 Å². The van der Waals surface area contributed by atoms with E-state index in [1.807, 2.05) is 79.0 Å². The van der Waals surface area contributed by atoms with E-state index < -0.39 is 0 Å². The van der Waals surface area contributed by atoms with Gasteiger partial charge in [0.25, 0.3) is 0 Å². The van der Waals surface area contributed by atoms with Crippen LogP contribution in [-0.2, 0) is 0 Å². The van der Waals surface area contributed by atoms with E-state index in [-0.39, 0.29) is 0 Å². The molecule has 0 saturated heterocycles. The molecular weight excluding hydrogens is 747 g/mol. The Morgan fingerprint density at radius 2 is 1.11 bits per heavy atom. The molecule has 6 nitrogen and oxygen atoms in total. The normalized spacial score (nSPS) is 11.9. The summed E-state index contributed by atoms with van der Waals surface area (Å²) in [7, 11) is 0. The summed E-state index contributed by atoms with van der Waals surface area (Å²) in [6, 6.07) is 60.7. The lowest BCUT2D eigenvalue weighted by Crippen LogP contribution is -2.08. The van der Waals surface area contributed by atoms with Gasteiger partial charge in [-0.3, -0.25) is 4.98 Å². The zero-order chi connectivity index (χ0) is 40.3. The third-order valence-electron chi connectivity index (χ3n) is 12.6. The first-order chi connectivity index (χ1) is 30.2. The quantitative estimate of drug-likeness (QED) is 0.132. The molecule has 4 aromatic heterocycles. The van der Waals surface area contributed by atoms with Crippen LogP contribution >= 0.6 is 0 Å². The van der Waals surface area contributed by atoms with E-state index in [4.69, 9.17) is 16.0 Å². The maximum absolute atomic E-state index is 11.7. The molecular formula is C55H29N5O. The Balaban J connectivity index is 1.31. The summed E-state index contributed by atoms with van der Waals surface area (Å²) >= 11 is 0. The SMILES string of the molecule is [C-]#[N+]c1c(-c2ccccc2)c(C#N)c(-n2c3ccccc3c3cc4c(cc32)oc2ccccc24)c(-c2ccccc2)c1-n1c2cccc3c4ccccc4c4nccc1c4c32. The monoisotopic (exact) mass is 775 g/mol. The molecule has 0 aliphatic rings. The number of nitrogens with zero attached hydrogens (tertiary/aromatic N) is 5. The molecule has 9 aromatic carbocycles. The van der Waals surface area contributed by atoms with Gasteiger partial charge in [0.05, 0.1) is 51.1 Å². The molecule has 4 heterocycles. The Kier molecular flexibility index (Phi) is 6.76. The van der Waals surface area contributed by atoms with Gasteiger partial charge < -0.3 is 13.6 Å². The van der Waals surface area contributed by atoms with Gasteiger partial charge >= 0.3 is 0 Å². The first-order valence-corrected chi connectivity index (χ1v) is 20.2. The molecule has 0 spiro atoms. The summed E-state index contributed by atoms with van der Waals surface area (Å²) in [5.41, 5.74) is 11.4. The van der Waals surface area contributed by atoms with Gasteiger partial charge in [-0.15, -0.1) is 0 Å². The topological polar surface area (TPSA) is 64.0 Å². The summed E-state index contributed by atoms with van der Waals surface area (Å²) in [6.07, 6.45) is 1.88. The van der Waals surface area contributed by atoms with Gasteiger partial charge in [0.15, 0.2) is 0 Å². The van der Waals surface area contributed by atoms with Gasteiger partial charge in [0.2, 0.25) is 5.69 Å². The number of aromatic nitrogens is 3. The average Bonchev–Trinajstić information content (AvgIpc) is 3.97. The number of pyridine rings is 1. The number of benzene rings is 9. The second-order valence-corrected chi connectivity index (χ2v) is 15.6. The molecule has 0 saturated carbocycles. The van der Waals surface area contributed by atoms with Crippen LogP contribution in [0.5, 0.6) is 0 Å². The Morgan fingerprint density at radius 3 is 1.89 bits per heavy atom. The number of furan rings is 1. The third-order valence-corrected chi connectivity index (χ3v) is 12.6. The van der Waals surface area contributed by atoms with Gasteiger partial charge in [-0.05, 0) is 52.2 Å². The molecule has 280 valence electrons. The van der Waals surface area contributed by atoms with Crippen molar-refractivity contribution in [3.8, 4) is 39.7 Å². The average molecular weight is 776 g/mol. The van der Waals surface area contributed by atoms with Crippen molar-refractivity contribution >= 4 is 92.9 Å². The van der Waals surface area contributed by atoms with E-state index in [0.717, 1.165) is 104 Å². The Hall–Kier alpha value is -8.71. The van der Waals surface area contributed by atoms with E-state index in [1.54, 1.807) is 0 Å². The highest BCUT2D eigenvalue weighted by atomic mass is 16.3. The summed E-state index contributed by atoms with van der Waals surface area (Å²) in [5.74, 6) is 0. The van der Waals surface area contributed by atoms with Crippen LogP contribution in [0.2, 0.25) is 0 Å². The number of nitriles is 1. The minimum Gasteiger partial charge on any atom is -0.456 e. The van der Waals surface area contributed by atoms with Crippen molar-refractivity contribution in [2.24, 2.45) is 0 Å². The van der Waals surface area contributed by atoms with E-state index in [0.29, 0.717) is 28.2 Å². The molecule has 0 unspecified atom stereocenters. The smallest absolute Gasteiger partial charge is 0.220 e. The van der Waals surface area contributed by atoms with Gasteiger partial charge in [-0.25, -0.2) is 4.85 Å². The molecule has 0 aliphatic heterocycles. The zero-order valence-corrected chi connectivity index (χ0v) is 32.4. The standard InChI is InChI=1S/C55H29N5O/c1-57-53-48(32-15-4-2-5-16-32)41(31-56)54(59-42-24-12-10-20-35(42)39-29-40-36-21-11-13-26-46(36)61-47(40)30-45(39)59)49(33-17-6-3-7-18-33)55(53)60-43-25-14-23-37-34-19-8-9-22-38(34)52-51(50(37)43)44(60)27-28-58-52/h2-30H. The molecule has 0 aliphatic carbocycles. The second kappa shape index (κ2) is 12.4. The van der Waals surface area contributed by atoms with Crippen LogP contribution in [-0.4, -0.2) is 14.1 Å². The first kappa shape index (κ1) is 33.3. The van der Waals surface area contributed by atoms with Crippen molar-refractivity contribution in [3.05, 3.63) is 193 Å². The number of rotatable bonds is 4. The largest absolute Gasteiger partial charge is 0.456 e. The van der Waals surface area contributed by atoms with Crippen LogP contribution in [0.25, 0.3) is 126 Å². The lowest BCUT2D eigenvalue weighted by molar-refractivity contribution is 0.669. The minimum absolute atomic E-state index is 0.394. The van der Waals surface area contributed by atoms with Gasteiger partial charge in [-0.1, -0.05) is 133 Å². The predicted octanol–water partition coefficient (Wildman–Crippen LogP) is 14.7. The van der Waals surface area contributed by atoms with Crippen molar-refractivity contribution in [1.29, 1.82) is 5.26 Å². The lowest BCUT2D eigenvalue weighted by Gasteiger charge is -2.25. The number of fused-ring (bicyclic) bond motifs is 9. The highest BCUT2D eigenvalue weighted by Gasteiger charge is 2.32. The fraction of sp³-hybridized carbons (Fsp3) is 0. The van der Waals surface area contributed by atoms with Crippen LogP contribution in [0.3, 0.4) is 0 Å². The predicted molar refractivity (Wildman–Crippen MR) is 248 cm³/mol. The van der Waals surface area contributed by atoms with Crippen LogP contribution < -0.4 is 0 Å². The molecule has 13 aromatic rings. The molecule has 0 amide bonds. The van der Waals surface area contributed by atoms with Crippen LogP contribution in [0.15, 0.2) is 180 Å². The third kappa shape index (κ3) is 4.40. The number of hydrogen-bond donors (Lipinski definition) is 0. The Morgan fingerprint density at radius 1 is 0.492 bits per heavy atom. The summed E-state index contributed by atoms with van der Waals surface area (Å²) in [6.45, 7) is 9.15. The van der Waals surface area contributed by atoms with E-state index in [2.05, 4.69) is 117 Å². The first-order valence-electron chi connectivity index (χ1n) is 20.2. The highest BCUT2D eigenvalue weighted by Crippen LogP contribution is 2.53. The van der Waals surface area contributed by atoms with Gasteiger partial charge in [0.1, 0.15) is 17.2 Å². The van der Waals surface area contributed by atoms with Crippen molar-refractivity contribution in [3.63, 3.8) is 0 Å². The van der Waals surface area contributed by atoms with Crippen molar-refractivity contribution in [2.45, 2.75) is 0 Å². The molecule has 0 fully saturated rings. The Labute approximate surface area is 348 Å². The second-order valence-electron chi connectivity index (χ2n) is 15.6. The van der Waals surface area contributed by atoms with E-state index in [1.165, 1.54) is 0 Å². The van der Waals surface area contributed by atoms with Crippen LogP contribution in [0.4, 0.5) is 5.69 Å². The van der Waals surface area contributed by atoms with Gasteiger partial charge in [-0.2, -0.15) is 5.26 Å². The summed E-state index contributed by atoms with van der Waals surface area (Å²) in [4.78, 5) is 9.48. The van der Waals surface area contributed by atoms with Crippen molar-refractivity contribution < 1.29 is 4.42 Å². The van der Waals surface area contributed by atoms with Gasteiger partial charge in [0, 0.05) is 61.1 Å². The molecule has 0 N–H and O–H groups in total. The maximum Gasteiger partial charge on any atom is 0.220 e. The summed E-state index contributed by atoms with van der Waals surface area (Å²) in [5, 5.41) is 21.3. The molecule has 6 heteroatoms. The highest BCUT2D eigenvalue weighted by molar-refractivity contribution is 6.34.